The van der Waals surface area contributed by atoms with Crippen LogP contribution in [0.1, 0.15) is 15.4 Å². The minimum atomic E-state index is -0.226. The van der Waals surface area contributed by atoms with E-state index in [-0.39, 0.29) is 5.91 Å². The van der Waals surface area contributed by atoms with Crippen LogP contribution in [-0.4, -0.2) is 25.7 Å². The summed E-state index contributed by atoms with van der Waals surface area (Å²) in [5.74, 6) is -0.226. The lowest BCUT2D eigenvalue weighted by molar-refractivity contribution is 0.0945. The third-order valence-corrected chi connectivity index (χ3v) is 4.47. The van der Waals surface area contributed by atoms with Crippen molar-refractivity contribution < 1.29 is 4.79 Å². The molecule has 0 atom stereocenters. The first-order valence-corrected chi connectivity index (χ1v) is 8.26. The molecule has 1 N–H and O–H groups in total. The van der Waals surface area contributed by atoms with Crippen molar-refractivity contribution in [2.75, 3.05) is 0 Å². The molecule has 1 aromatic carbocycles. The average Bonchev–Trinajstić information content (AvgIpc) is 3.31. The van der Waals surface area contributed by atoms with Crippen molar-refractivity contribution in [2.45, 2.75) is 6.54 Å². The van der Waals surface area contributed by atoms with E-state index < -0.39 is 0 Å². The molecular formula is C17H13N5OS. The van der Waals surface area contributed by atoms with Crippen molar-refractivity contribution in [3.05, 3.63) is 70.8 Å². The van der Waals surface area contributed by atoms with Crippen LogP contribution < -0.4 is 5.32 Å². The van der Waals surface area contributed by atoms with Crippen LogP contribution in [0.15, 0.2) is 60.2 Å². The fourth-order valence-electron chi connectivity index (χ4n) is 2.44. The number of hydrogen-bond donors (Lipinski definition) is 1. The molecule has 118 valence electrons. The molecule has 3 aromatic heterocycles. The van der Waals surface area contributed by atoms with Crippen LogP contribution >= 0.6 is 11.3 Å². The second-order valence-corrected chi connectivity index (χ2v) is 6.20. The van der Waals surface area contributed by atoms with E-state index >= 15 is 0 Å². The van der Waals surface area contributed by atoms with Gasteiger partial charge in [-0.05, 0) is 23.1 Å². The van der Waals surface area contributed by atoms with Gasteiger partial charge in [-0.15, -0.1) is 21.5 Å². The van der Waals surface area contributed by atoms with Crippen molar-refractivity contribution in [3.8, 4) is 11.1 Å². The van der Waals surface area contributed by atoms with Crippen LogP contribution in [0.5, 0.6) is 0 Å². The fraction of sp³-hybridized carbons (Fsp3) is 0.0588. The van der Waals surface area contributed by atoms with E-state index in [1.165, 1.54) is 10.8 Å². The Balaban J connectivity index is 1.69. The van der Waals surface area contributed by atoms with Crippen LogP contribution in [0.25, 0.3) is 16.8 Å². The molecular weight excluding hydrogens is 322 g/mol. The quantitative estimate of drug-likeness (QED) is 0.622. The van der Waals surface area contributed by atoms with Crippen molar-refractivity contribution in [1.82, 2.24) is 25.1 Å². The van der Waals surface area contributed by atoms with E-state index in [0.717, 1.165) is 16.0 Å². The molecule has 24 heavy (non-hydrogen) atoms. The highest BCUT2D eigenvalue weighted by molar-refractivity contribution is 7.09. The predicted octanol–water partition coefficient (Wildman–Crippen LogP) is 2.78. The molecule has 3 heterocycles. The van der Waals surface area contributed by atoms with Gasteiger partial charge in [-0.1, -0.05) is 36.4 Å². The second kappa shape index (κ2) is 6.21. The Kier molecular flexibility index (Phi) is 3.76. The van der Waals surface area contributed by atoms with Gasteiger partial charge >= 0.3 is 0 Å². The van der Waals surface area contributed by atoms with E-state index in [9.17, 15) is 4.79 Å². The van der Waals surface area contributed by atoms with Crippen LogP contribution in [0.4, 0.5) is 0 Å². The Hall–Kier alpha value is -3.06. The zero-order chi connectivity index (χ0) is 16.4. The summed E-state index contributed by atoms with van der Waals surface area (Å²) < 4.78 is 1.53. The molecule has 4 aromatic rings. The van der Waals surface area contributed by atoms with E-state index in [1.807, 2.05) is 47.8 Å². The first-order valence-electron chi connectivity index (χ1n) is 7.38. The number of fused-ring (bicyclic) bond motifs is 1. The number of benzene rings is 1. The van der Waals surface area contributed by atoms with Gasteiger partial charge in [0.05, 0.1) is 6.54 Å². The number of carbonyl (C=O) groups excluding carboxylic acids is 1. The van der Waals surface area contributed by atoms with Gasteiger partial charge in [0.1, 0.15) is 12.0 Å². The molecule has 1 amide bonds. The topological polar surface area (TPSA) is 72.2 Å². The second-order valence-electron chi connectivity index (χ2n) is 5.17. The molecule has 0 saturated heterocycles. The molecule has 0 aliphatic rings. The maximum absolute atomic E-state index is 12.5. The monoisotopic (exact) mass is 335 g/mol. The normalized spacial score (nSPS) is 10.8. The maximum atomic E-state index is 12.5. The Labute approximate surface area is 141 Å². The highest BCUT2D eigenvalue weighted by Gasteiger charge is 2.14. The van der Waals surface area contributed by atoms with Gasteiger partial charge in [0.15, 0.2) is 5.65 Å². The van der Waals surface area contributed by atoms with Gasteiger partial charge in [0, 0.05) is 10.4 Å². The zero-order valence-electron chi connectivity index (χ0n) is 12.6. The lowest BCUT2D eigenvalue weighted by Gasteiger charge is -2.07. The first kappa shape index (κ1) is 14.5. The Bertz CT molecular complexity index is 979. The third-order valence-electron chi connectivity index (χ3n) is 3.59. The first-order chi connectivity index (χ1) is 11.8. The summed E-state index contributed by atoms with van der Waals surface area (Å²) in [7, 11) is 0. The third kappa shape index (κ3) is 2.77. The standard InChI is InChI=1S/C17H13N5OS/c23-17(18-10-13-7-4-8-24-13)15-9-14(12-5-2-1-3-6-12)16-20-19-11-22(16)21-15/h1-9,11H,10H2,(H,18,23). The van der Waals surface area contributed by atoms with Crippen LogP contribution in [0, 0.1) is 0 Å². The maximum Gasteiger partial charge on any atom is 0.272 e. The lowest BCUT2D eigenvalue weighted by atomic mass is 10.1. The number of nitrogens with one attached hydrogen (secondary N) is 1. The zero-order valence-corrected chi connectivity index (χ0v) is 13.4. The smallest absolute Gasteiger partial charge is 0.272 e. The highest BCUT2D eigenvalue weighted by Crippen LogP contribution is 2.23. The summed E-state index contributed by atoms with van der Waals surface area (Å²) in [5, 5.41) is 17.2. The molecule has 0 unspecified atom stereocenters. The van der Waals surface area contributed by atoms with Gasteiger partial charge < -0.3 is 5.32 Å². The Morgan fingerprint density at radius 1 is 1.17 bits per heavy atom. The van der Waals surface area contributed by atoms with Crippen LogP contribution in [-0.2, 0) is 6.54 Å². The molecule has 0 spiro atoms. The summed E-state index contributed by atoms with van der Waals surface area (Å²) in [6, 6.07) is 15.5. The van der Waals surface area contributed by atoms with Crippen molar-refractivity contribution >= 4 is 22.9 Å². The molecule has 0 saturated carbocycles. The molecule has 6 nitrogen and oxygen atoms in total. The molecule has 0 aliphatic heterocycles. The lowest BCUT2D eigenvalue weighted by Crippen LogP contribution is -2.24. The van der Waals surface area contributed by atoms with Gasteiger partial charge in [-0.3, -0.25) is 4.79 Å². The molecule has 0 radical (unpaired) electrons. The molecule has 7 heteroatoms. The average molecular weight is 335 g/mol. The largest absolute Gasteiger partial charge is 0.346 e. The minimum absolute atomic E-state index is 0.226. The minimum Gasteiger partial charge on any atom is -0.346 e. The van der Waals surface area contributed by atoms with E-state index in [4.69, 9.17) is 0 Å². The van der Waals surface area contributed by atoms with E-state index in [1.54, 1.807) is 17.4 Å². The molecule has 0 aliphatic carbocycles. The summed E-state index contributed by atoms with van der Waals surface area (Å²) >= 11 is 1.60. The van der Waals surface area contributed by atoms with Gasteiger partial charge in [-0.25, -0.2) is 0 Å². The van der Waals surface area contributed by atoms with Gasteiger partial charge in [0.25, 0.3) is 5.91 Å². The molecule has 0 fully saturated rings. The van der Waals surface area contributed by atoms with E-state index in [0.29, 0.717) is 17.9 Å². The highest BCUT2D eigenvalue weighted by atomic mass is 32.1. The molecule has 0 bridgehead atoms. The van der Waals surface area contributed by atoms with Crippen LogP contribution in [0.2, 0.25) is 0 Å². The number of thiophene rings is 1. The summed E-state index contributed by atoms with van der Waals surface area (Å²) in [4.78, 5) is 13.6. The van der Waals surface area contributed by atoms with Gasteiger partial charge in [0.2, 0.25) is 0 Å². The summed E-state index contributed by atoms with van der Waals surface area (Å²) in [6.45, 7) is 0.485. The van der Waals surface area contributed by atoms with Crippen molar-refractivity contribution in [2.24, 2.45) is 0 Å². The Morgan fingerprint density at radius 3 is 2.83 bits per heavy atom. The van der Waals surface area contributed by atoms with E-state index in [2.05, 4.69) is 20.6 Å². The van der Waals surface area contributed by atoms with Crippen molar-refractivity contribution in [3.63, 3.8) is 0 Å². The predicted molar refractivity (Wildman–Crippen MR) is 91.7 cm³/mol. The summed E-state index contributed by atoms with van der Waals surface area (Å²) in [6.07, 6.45) is 1.50. The number of hydrogen-bond acceptors (Lipinski definition) is 5. The van der Waals surface area contributed by atoms with Gasteiger partial charge in [-0.2, -0.15) is 9.61 Å². The number of nitrogens with zero attached hydrogens (tertiary/aromatic N) is 4. The summed E-state index contributed by atoms with van der Waals surface area (Å²) in [5.41, 5.74) is 2.74. The molecule has 4 rings (SSSR count). The number of aromatic nitrogens is 4. The number of carbonyl (C=O) groups is 1. The Morgan fingerprint density at radius 2 is 2.04 bits per heavy atom. The van der Waals surface area contributed by atoms with Crippen LogP contribution in [0.3, 0.4) is 0 Å². The van der Waals surface area contributed by atoms with Crippen molar-refractivity contribution in [1.29, 1.82) is 0 Å². The number of rotatable bonds is 4. The SMILES string of the molecule is O=C(NCc1cccs1)c1cc(-c2ccccc2)c2nncn2n1. The number of amides is 1. The fourth-order valence-corrected chi connectivity index (χ4v) is 3.08.